The lowest BCUT2D eigenvalue weighted by Gasteiger charge is -2.08. The highest BCUT2D eigenvalue weighted by molar-refractivity contribution is 5.90. The quantitative estimate of drug-likeness (QED) is 0.516. The maximum absolute atomic E-state index is 11.3. The largest absolute Gasteiger partial charge is 0.465 e. The molecule has 2 unspecified atom stereocenters. The Kier molecular flexibility index (Phi) is 1.70. The maximum atomic E-state index is 11.3. The van der Waals surface area contributed by atoms with Gasteiger partial charge in [-0.3, -0.25) is 0 Å². The Bertz CT molecular complexity index is 462. The predicted molar refractivity (Wildman–Crippen MR) is 54.4 cm³/mol. The molecular formula is C12H10O3. The first-order valence-electron chi connectivity index (χ1n) is 4.85. The molecular weight excluding hydrogens is 192 g/mol. The van der Waals surface area contributed by atoms with E-state index in [2.05, 4.69) is 4.74 Å². The van der Waals surface area contributed by atoms with Crippen LogP contribution in [-0.2, 0) is 9.47 Å². The summed E-state index contributed by atoms with van der Waals surface area (Å²) in [4.78, 5) is 11.3. The second-order valence-electron chi connectivity index (χ2n) is 3.72. The third-order valence-corrected chi connectivity index (χ3v) is 2.81. The molecule has 15 heavy (non-hydrogen) atoms. The Balaban J connectivity index is 2.04. The number of rotatable bonds is 1. The van der Waals surface area contributed by atoms with E-state index in [1.165, 1.54) is 7.11 Å². The lowest BCUT2D eigenvalue weighted by molar-refractivity contribution is 0.0600. The third-order valence-electron chi connectivity index (χ3n) is 2.81. The topological polar surface area (TPSA) is 38.8 Å². The van der Waals surface area contributed by atoms with Crippen LogP contribution in [0.3, 0.4) is 0 Å². The molecule has 3 nitrogen and oxygen atoms in total. The molecule has 2 aliphatic rings. The van der Waals surface area contributed by atoms with E-state index in [0.29, 0.717) is 5.56 Å². The first kappa shape index (κ1) is 8.68. The number of methoxy groups -OCH3 is 1. The minimum absolute atomic E-state index is 0.205. The molecule has 0 spiro atoms. The van der Waals surface area contributed by atoms with Crippen molar-refractivity contribution in [3.05, 3.63) is 41.0 Å². The SMILES string of the molecule is COC(=O)c1ccc2c(c1)C=CC1OC21. The fourth-order valence-electron chi connectivity index (χ4n) is 1.94. The van der Waals surface area contributed by atoms with Crippen molar-refractivity contribution in [2.24, 2.45) is 0 Å². The number of epoxide rings is 1. The third kappa shape index (κ3) is 1.27. The van der Waals surface area contributed by atoms with E-state index in [0.717, 1.165) is 11.1 Å². The molecule has 0 aromatic heterocycles. The molecule has 1 aliphatic carbocycles. The molecule has 2 atom stereocenters. The van der Waals surface area contributed by atoms with Gasteiger partial charge in [0.15, 0.2) is 0 Å². The van der Waals surface area contributed by atoms with Gasteiger partial charge in [-0.15, -0.1) is 0 Å². The van der Waals surface area contributed by atoms with Crippen LogP contribution in [0.2, 0.25) is 0 Å². The van der Waals surface area contributed by atoms with Gasteiger partial charge in [0, 0.05) is 0 Å². The second-order valence-corrected chi connectivity index (χ2v) is 3.72. The Labute approximate surface area is 87.3 Å². The van der Waals surface area contributed by atoms with Crippen LogP contribution in [0.4, 0.5) is 0 Å². The van der Waals surface area contributed by atoms with Crippen molar-refractivity contribution >= 4 is 12.0 Å². The number of ether oxygens (including phenoxy) is 2. The van der Waals surface area contributed by atoms with E-state index in [9.17, 15) is 4.79 Å². The van der Waals surface area contributed by atoms with Gasteiger partial charge in [0.2, 0.25) is 0 Å². The van der Waals surface area contributed by atoms with Crippen LogP contribution in [0.5, 0.6) is 0 Å². The molecule has 1 heterocycles. The Morgan fingerprint density at radius 1 is 1.47 bits per heavy atom. The minimum atomic E-state index is -0.301. The van der Waals surface area contributed by atoms with Crippen LogP contribution in [0.1, 0.15) is 27.6 Å². The summed E-state index contributed by atoms with van der Waals surface area (Å²) in [6, 6.07) is 5.56. The summed E-state index contributed by atoms with van der Waals surface area (Å²) < 4.78 is 10.1. The van der Waals surface area contributed by atoms with Gasteiger partial charge in [-0.05, 0) is 23.3 Å². The smallest absolute Gasteiger partial charge is 0.337 e. The molecule has 3 rings (SSSR count). The lowest BCUT2D eigenvalue weighted by atomic mass is 9.95. The monoisotopic (exact) mass is 202 g/mol. The first-order valence-corrected chi connectivity index (χ1v) is 4.85. The van der Waals surface area contributed by atoms with Gasteiger partial charge in [0.05, 0.1) is 12.7 Å². The van der Waals surface area contributed by atoms with Crippen LogP contribution in [-0.4, -0.2) is 19.2 Å². The van der Waals surface area contributed by atoms with Gasteiger partial charge < -0.3 is 9.47 Å². The number of benzene rings is 1. The van der Waals surface area contributed by atoms with Gasteiger partial charge >= 0.3 is 5.97 Å². The molecule has 76 valence electrons. The van der Waals surface area contributed by atoms with Gasteiger partial charge in [-0.2, -0.15) is 0 Å². The highest BCUT2D eigenvalue weighted by atomic mass is 16.6. The van der Waals surface area contributed by atoms with Crippen LogP contribution in [0.15, 0.2) is 24.3 Å². The minimum Gasteiger partial charge on any atom is -0.465 e. The lowest BCUT2D eigenvalue weighted by Crippen LogP contribution is -2.03. The highest BCUT2D eigenvalue weighted by Crippen LogP contribution is 2.45. The zero-order valence-corrected chi connectivity index (χ0v) is 8.27. The zero-order chi connectivity index (χ0) is 10.4. The molecule has 0 N–H and O–H groups in total. The van der Waals surface area contributed by atoms with E-state index in [1.54, 1.807) is 6.07 Å². The average molecular weight is 202 g/mol. The molecule has 0 saturated carbocycles. The summed E-state index contributed by atoms with van der Waals surface area (Å²) in [5.74, 6) is -0.301. The van der Waals surface area contributed by atoms with E-state index in [-0.39, 0.29) is 18.2 Å². The standard InChI is InChI=1S/C12H10O3/c1-14-12(13)8-2-4-9-7(6-8)3-5-10-11(9)15-10/h2-6,10-11H,1H3. The van der Waals surface area contributed by atoms with Gasteiger partial charge in [0.1, 0.15) is 12.2 Å². The summed E-state index contributed by atoms with van der Waals surface area (Å²) in [5.41, 5.74) is 2.80. The van der Waals surface area contributed by atoms with Crippen LogP contribution < -0.4 is 0 Å². The highest BCUT2D eigenvalue weighted by Gasteiger charge is 2.41. The van der Waals surface area contributed by atoms with Crippen molar-refractivity contribution in [1.29, 1.82) is 0 Å². The summed E-state index contributed by atoms with van der Waals surface area (Å²) in [7, 11) is 1.39. The Morgan fingerprint density at radius 2 is 2.33 bits per heavy atom. The van der Waals surface area contributed by atoms with Gasteiger partial charge in [-0.25, -0.2) is 4.79 Å². The van der Waals surface area contributed by atoms with E-state index in [4.69, 9.17) is 4.74 Å². The van der Waals surface area contributed by atoms with Crippen molar-refractivity contribution in [2.45, 2.75) is 12.2 Å². The van der Waals surface area contributed by atoms with E-state index < -0.39 is 0 Å². The fraction of sp³-hybridized carbons (Fsp3) is 0.250. The molecule has 1 aromatic carbocycles. The predicted octanol–water partition coefficient (Wildman–Crippen LogP) is 1.94. The first-order chi connectivity index (χ1) is 7.29. The summed E-state index contributed by atoms with van der Waals surface area (Å²) >= 11 is 0. The summed E-state index contributed by atoms with van der Waals surface area (Å²) in [6.45, 7) is 0. The van der Waals surface area contributed by atoms with Gasteiger partial charge in [-0.1, -0.05) is 18.2 Å². The van der Waals surface area contributed by atoms with Crippen molar-refractivity contribution in [3.8, 4) is 0 Å². The number of hydrogen-bond donors (Lipinski definition) is 0. The van der Waals surface area contributed by atoms with Crippen LogP contribution in [0, 0.1) is 0 Å². The van der Waals surface area contributed by atoms with Crippen molar-refractivity contribution in [2.75, 3.05) is 7.11 Å². The normalized spacial score (nSPS) is 25.4. The molecule has 1 aromatic rings. The Morgan fingerprint density at radius 3 is 3.13 bits per heavy atom. The average Bonchev–Trinajstić information content (AvgIpc) is 3.06. The number of hydrogen-bond acceptors (Lipinski definition) is 3. The molecule has 1 fully saturated rings. The van der Waals surface area contributed by atoms with Crippen LogP contribution >= 0.6 is 0 Å². The molecule has 1 saturated heterocycles. The molecule has 0 bridgehead atoms. The van der Waals surface area contributed by atoms with Crippen molar-refractivity contribution in [3.63, 3.8) is 0 Å². The number of carbonyl (C=O) groups is 1. The van der Waals surface area contributed by atoms with Crippen molar-refractivity contribution < 1.29 is 14.3 Å². The summed E-state index contributed by atoms with van der Waals surface area (Å²) in [5, 5.41) is 0. The number of fused-ring (bicyclic) bond motifs is 3. The fourth-order valence-corrected chi connectivity index (χ4v) is 1.94. The Hall–Kier alpha value is -1.61. The van der Waals surface area contributed by atoms with Gasteiger partial charge in [0.25, 0.3) is 0 Å². The molecule has 1 aliphatic heterocycles. The van der Waals surface area contributed by atoms with E-state index >= 15 is 0 Å². The maximum Gasteiger partial charge on any atom is 0.337 e. The van der Waals surface area contributed by atoms with Crippen molar-refractivity contribution in [1.82, 2.24) is 0 Å². The second kappa shape index (κ2) is 2.94. The molecule has 3 heteroatoms. The molecule has 0 amide bonds. The zero-order valence-electron chi connectivity index (χ0n) is 8.27. The number of carbonyl (C=O) groups excluding carboxylic acids is 1. The van der Waals surface area contributed by atoms with Crippen LogP contribution in [0.25, 0.3) is 6.08 Å². The van der Waals surface area contributed by atoms with E-state index in [1.807, 2.05) is 24.3 Å². The molecule has 0 radical (unpaired) electrons. The summed E-state index contributed by atoms with van der Waals surface area (Å²) in [6.07, 6.45) is 4.47. The number of esters is 1.